The van der Waals surface area contributed by atoms with Crippen molar-refractivity contribution in [3.05, 3.63) is 61.2 Å². The zero-order chi connectivity index (χ0) is 13.4. The summed E-state index contributed by atoms with van der Waals surface area (Å²) in [6.45, 7) is 7.39. The molecule has 1 amide bonds. The van der Waals surface area contributed by atoms with Crippen LogP contribution < -0.4 is 5.32 Å². The Bertz CT molecular complexity index is 402. The molecule has 0 saturated heterocycles. The van der Waals surface area contributed by atoms with E-state index in [-0.39, 0.29) is 12.5 Å². The Morgan fingerprint density at radius 2 is 1.78 bits per heavy atom. The van der Waals surface area contributed by atoms with Gasteiger partial charge in [0.1, 0.15) is 0 Å². The highest BCUT2D eigenvalue weighted by molar-refractivity contribution is 5.94. The Kier molecular flexibility index (Phi) is 5.33. The van der Waals surface area contributed by atoms with Crippen LogP contribution in [0.15, 0.2) is 55.6 Å². The predicted octanol–water partition coefficient (Wildman–Crippen LogP) is 2.30. The fourth-order valence-corrected chi connectivity index (χ4v) is 1.70. The van der Waals surface area contributed by atoms with Crippen LogP contribution in [0.2, 0.25) is 0 Å². The summed E-state index contributed by atoms with van der Waals surface area (Å²) in [4.78, 5) is 11.8. The van der Waals surface area contributed by atoms with Crippen LogP contribution in [0.3, 0.4) is 0 Å². The maximum absolute atomic E-state index is 11.8. The number of amides is 1. The number of aliphatic hydroxyl groups is 1. The molecule has 0 unspecified atom stereocenters. The Labute approximate surface area is 108 Å². The van der Waals surface area contributed by atoms with Gasteiger partial charge in [0.15, 0.2) is 0 Å². The number of carbonyl (C=O) groups excluding carboxylic acids is 1. The molecule has 1 aromatic rings. The highest BCUT2D eigenvalue weighted by atomic mass is 16.3. The molecular formula is C15H19NO2. The molecule has 0 radical (unpaired) electrons. The van der Waals surface area contributed by atoms with Crippen molar-refractivity contribution in [1.29, 1.82) is 0 Å². The van der Waals surface area contributed by atoms with E-state index in [0.717, 1.165) is 0 Å². The molecule has 1 rings (SSSR count). The van der Waals surface area contributed by atoms with Gasteiger partial charge >= 0.3 is 0 Å². The van der Waals surface area contributed by atoms with Gasteiger partial charge in [0.2, 0.25) is 0 Å². The molecule has 0 fully saturated rings. The quantitative estimate of drug-likeness (QED) is 0.724. The van der Waals surface area contributed by atoms with Crippen LogP contribution in [0.5, 0.6) is 0 Å². The first-order chi connectivity index (χ1) is 8.61. The van der Waals surface area contributed by atoms with Gasteiger partial charge in [-0.2, -0.15) is 0 Å². The number of carbonyl (C=O) groups is 1. The van der Waals surface area contributed by atoms with Crippen LogP contribution in [0, 0.1) is 0 Å². The summed E-state index contributed by atoms with van der Waals surface area (Å²) in [6.07, 6.45) is 4.10. The lowest BCUT2D eigenvalue weighted by Gasteiger charge is -2.25. The summed E-state index contributed by atoms with van der Waals surface area (Å²) >= 11 is 0. The van der Waals surface area contributed by atoms with Gasteiger partial charge in [0, 0.05) is 12.1 Å². The van der Waals surface area contributed by atoms with Crippen molar-refractivity contribution < 1.29 is 9.90 Å². The minimum Gasteiger partial charge on any atom is -0.387 e. The van der Waals surface area contributed by atoms with Gasteiger partial charge in [-0.05, 0) is 25.0 Å². The molecule has 3 heteroatoms. The molecule has 3 nitrogen and oxygen atoms in total. The predicted molar refractivity (Wildman–Crippen MR) is 73.4 cm³/mol. The molecule has 0 atom stereocenters. The summed E-state index contributed by atoms with van der Waals surface area (Å²) in [7, 11) is 0. The van der Waals surface area contributed by atoms with Crippen LogP contribution in [-0.2, 0) is 0 Å². The third kappa shape index (κ3) is 4.18. The van der Waals surface area contributed by atoms with E-state index in [9.17, 15) is 9.90 Å². The monoisotopic (exact) mass is 245 g/mol. The number of hydrogen-bond acceptors (Lipinski definition) is 2. The average molecular weight is 245 g/mol. The van der Waals surface area contributed by atoms with Gasteiger partial charge in [-0.25, -0.2) is 0 Å². The number of benzene rings is 1. The zero-order valence-corrected chi connectivity index (χ0v) is 10.4. The number of rotatable bonds is 7. The van der Waals surface area contributed by atoms with E-state index < -0.39 is 5.60 Å². The van der Waals surface area contributed by atoms with Crippen LogP contribution >= 0.6 is 0 Å². The van der Waals surface area contributed by atoms with Gasteiger partial charge in [0.25, 0.3) is 5.91 Å². The van der Waals surface area contributed by atoms with Crippen molar-refractivity contribution in [2.75, 3.05) is 6.54 Å². The number of nitrogens with one attached hydrogen (secondary N) is 1. The Morgan fingerprint density at radius 1 is 1.22 bits per heavy atom. The molecule has 0 aliphatic rings. The molecular weight excluding hydrogens is 226 g/mol. The molecule has 1 aromatic carbocycles. The molecule has 0 saturated carbocycles. The van der Waals surface area contributed by atoms with Crippen LogP contribution in [0.25, 0.3) is 0 Å². The summed E-state index contributed by atoms with van der Waals surface area (Å²) in [5.41, 5.74) is -0.425. The van der Waals surface area contributed by atoms with Gasteiger partial charge in [-0.15, -0.1) is 13.2 Å². The second kappa shape index (κ2) is 6.77. The maximum atomic E-state index is 11.8. The van der Waals surface area contributed by atoms with Gasteiger partial charge < -0.3 is 10.4 Å². The van der Waals surface area contributed by atoms with E-state index >= 15 is 0 Å². The third-order valence-corrected chi connectivity index (χ3v) is 2.66. The lowest BCUT2D eigenvalue weighted by atomic mass is 9.95. The summed E-state index contributed by atoms with van der Waals surface area (Å²) in [5, 5.41) is 13.0. The van der Waals surface area contributed by atoms with Crippen LogP contribution in [-0.4, -0.2) is 23.2 Å². The minimum atomic E-state index is -1.01. The number of hydrogen-bond donors (Lipinski definition) is 2. The normalized spacial score (nSPS) is 10.7. The maximum Gasteiger partial charge on any atom is 0.251 e. The standard InChI is InChI=1S/C15H19NO2/c1-3-10-15(18,11-4-2)12-16-14(17)13-8-6-5-7-9-13/h3-9,18H,1-2,10-12H2,(H,16,17). The largest absolute Gasteiger partial charge is 0.387 e. The van der Waals surface area contributed by atoms with E-state index in [1.807, 2.05) is 6.07 Å². The Balaban J connectivity index is 2.60. The van der Waals surface area contributed by atoms with Crippen molar-refractivity contribution in [2.24, 2.45) is 0 Å². The molecule has 0 spiro atoms. The van der Waals surface area contributed by atoms with Gasteiger partial charge in [-0.1, -0.05) is 30.4 Å². The molecule has 96 valence electrons. The zero-order valence-electron chi connectivity index (χ0n) is 10.4. The first-order valence-corrected chi connectivity index (χ1v) is 5.89. The van der Waals surface area contributed by atoms with Gasteiger partial charge in [0.05, 0.1) is 5.60 Å². The summed E-state index contributed by atoms with van der Waals surface area (Å²) in [5.74, 6) is -0.192. The van der Waals surface area contributed by atoms with Gasteiger partial charge in [-0.3, -0.25) is 4.79 Å². The van der Waals surface area contributed by atoms with E-state index in [2.05, 4.69) is 18.5 Å². The molecule has 0 heterocycles. The second-order valence-electron chi connectivity index (χ2n) is 4.26. The van der Waals surface area contributed by atoms with Crippen molar-refractivity contribution in [3.63, 3.8) is 0 Å². The van der Waals surface area contributed by atoms with Crippen LogP contribution in [0.1, 0.15) is 23.2 Å². The summed E-state index contributed by atoms with van der Waals surface area (Å²) < 4.78 is 0. The minimum absolute atomic E-state index is 0.179. The first kappa shape index (κ1) is 14.2. The van der Waals surface area contributed by atoms with E-state index in [1.165, 1.54) is 0 Å². The van der Waals surface area contributed by atoms with E-state index in [4.69, 9.17) is 0 Å². The molecule has 0 aromatic heterocycles. The fourth-order valence-electron chi connectivity index (χ4n) is 1.70. The molecule has 18 heavy (non-hydrogen) atoms. The molecule has 0 aliphatic heterocycles. The Hall–Kier alpha value is -1.87. The SMILES string of the molecule is C=CCC(O)(CC=C)CNC(=O)c1ccccc1. The lowest BCUT2D eigenvalue weighted by Crippen LogP contribution is -2.42. The van der Waals surface area contributed by atoms with Crippen molar-refractivity contribution in [3.8, 4) is 0 Å². The van der Waals surface area contributed by atoms with Crippen molar-refractivity contribution in [2.45, 2.75) is 18.4 Å². The topological polar surface area (TPSA) is 49.3 Å². The first-order valence-electron chi connectivity index (χ1n) is 5.89. The average Bonchev–Trinajstić information content (AvgIpc) is 2.38. The second-order valence-corrected chi connectivity index (χ2v) is 4.26. The molecule has 0 aliphatic carbocycles. The molecule has 0 bridgehead atoms. The summed E-state index contributed by atoms with van der Waals surface area (Å²) in [6, 6.07) is 8.91. The Morgan fingerprint density at radius 3 is 2.28 bits per heavy atom. The highest BCUT2D eigenvalue weighted by Gasteiger charge is 2.24. The molecule has 2 N–H and O–H groups in total. The van der Waals surface area contributed by atoms with Crippen molar-refractivity contribution in [1.82, 2.24) is 5.32 Å². The third-order valence-electron chi connectivity index (χ3n) is 2.66. The van der Waals surface area contributed by atoms with E-state index in [0.29, 0.717) is 18.4 Å². The van der Waals surface area contributed by atoms with Crippen molar-refractivity contribution >= 4 is 5.91 Å². The van der Waals surface area contributed by atoms with E-state index in [1.54, 1.807) is 36.4 Å². The smallest absolute Gasteiger partial charge is 0.251 e. The lowest BCUT2D eigenvalue weighted by molar-refractivity contribution is 0.0437. The van der Waals surface area contributed by atoms with Crippen LogP contribution in [0.4, 0.5) is 0 Å². The highest BCUT2D eigenvalue weighted by Crippen LogP contribution is 2.15. The fraction of sp³-hybridized carbons (Fsp3) is 0.267.